The molecule has 2 unspecified atom stereocenters. The van der Waals surface area contributed by atoms with E-state index in [4.69, 9.17) is 5.73 Å². The number of halogens is 1. The monoisotopic (exact) mass is 278 g/mol. The number of hydrogen-bond donors (Lipinski definition) is 2. The first-order chi connectivity index (χ1) is 7.88. The molecule has 106 valence electrons. The van der Waals surface area contributed by atoms with Crippen LogP contribution in [0.3, 0.4) is 0 Å². The Hall–Kier alpha value is -0.810. The average Bonchev–Trinajstić information content (AvgIpc) is 2.26. The van der Waals surface area contributed by atoms with Gasteiger partial charge < -0.3 is 15.8 Å². The van der Waals surface area contributed by atoms with Crippen LogP contribution in [0.5, 0.6) is 0 Å². The second kappa shape index (κ2) is 6.95. The van der Waals surface area contributed by atoms with Gasteiger partial charge in [0.15, 0.2) is 0 Å². The predicted octanol–water partition coefficient (Wildman–Crippen LogP) is 0.993. The van der Waals surface area contributed by atoms with E-state index in [1.807, 2.05) is 6.92 Å². The van der Waals surface area contributed by atoms with Crippen LogP contribution >= 0.6 is 12.4 Å². The van der Waals surface area contributed by atoms with Gasteiger partial charge in [0.25, 0.3) is 0 Å². The van der Waals surface area contributed by atoms with Crippen molar-refractivity contribution < 1.29 is 14.3 Å². The molecule has 5 nitrogen and oxygen atoms in total. The fraction of sp³-hybridized carbons (Fsp3) is 0.833. The molecule has 1 amide bonds. The first kappa shape index (κ1) is 17.2. The highest BCUT2D eigenvalue weighted by Gasteiger charge is 2.38. The predicted molar refractivity (Wildman–Crippen MR) is 71.4 cm³/mol. The molecule has 1 aliphatic rings. The van der Waals surface area contributed by atoms with Gasteiger partial charge in [-0.2, -0.15) is 0 Å². The molecule has 0 aliphatic heterocycles. The molecule has 18 heavy (non-hydrogen) atoms. The van der Waals surface area contributed by atoms with E-state index in [-0.39, 0.29) is 24.2 Å². The molecule has 1 fully saturated rings. The largest absolute Gasteiger partial charge is 0.467 e. The summed E-state index contributed by atoms with van der Waals surface area (Å²) in [4.78, 5) is 23.3. The Bertz CT molecular complexity index is 308. The van der Waals surface area contributed by atoms with Crippen molar-refractivity contribution in [1.82, 2.24) is 5.32 Å². The Morgan fingerprint density at radius 3 is 2.56 bits per heavy atom. The molecule has 0 bridgehead atoms. The van der Waals surface area contributed by atoms with Gasteiger partial charge in [0, 0.05) is 5.54 Å². The molecular weight excluding hydrogens is 256 g/mol. The van der Waals surface area contributed by atoms with Crippen molar-refractivity contribution in [1.29, 1.82) is 0 Å². The standard InChI is InChI=1S/C12H22N2O3.ClH/c1-8(11(16)17-3)14-10(15)9-6-4-5-7-12(9,2)13;/h8-9H,4-7,13H2,1-3H3,(H,14,15);1H/t8-,9?,12?;/m1./s1. The number of amides is 1. The summed E-state index contributed by atoms with van der Waals surface area (Å²) in [6.45, 7) is 3.51. The summed E-state index contributed by atoms with van der Waals surface area (Å²) < 4.78 is 4.57. The lowest BCUT2D eigenvalue weighted by molar-refractivity contribution is -0.145. The van der Waals surface area contributed by atoms with Crippen molar-refractivity contribution in [2.45, 2.75) is 51.1 Å². The van der Waals surface area contributed by atoms with Crippen molar-refractivity contribution in [3.63, 3.8) is 0 Å². The van der Waals surface area contributed by atoms with Gasteiger partial charge >= 0.3 is 5.97 Å². The van der Waals surface area contributed by atoms with Crippen LogP contribution in [0, 0.1) is 5.92 Å². The highest BCUT2D eigenvalue weighted by molar-refractivity contribution is 5.86. The van der Waals surface area contributed by atoms with Gasteiger partial charge in [-0.3, -0.25) is 4.79 Å². The van der Waals surface area contributed by atoms with Crippen LogP contribution in [-0.4, -0.2) is 30.6 Å². The summed E-state index contributed by atoms with van der Waals surface area (Å²) in [5.41, 5.74) is 5.66. The van der Waals surface area contributed by atoms with Crippen LogP contribution in [0.1, 0.15) is 39.5 Å². The van der Waals surface area contributed by atoms with Crippen molar-refractivity contribution in [3.05, 3.63) is 0 Å². The molecule has 0 heterocycles. The van der Waals surface area contributed by atoms with E-state index in [1.165, 1.54) is 7.11 Å². The smallest absolute Gasteiger partial charge is 0.328 e. The lowest BCUT2D eigenvalue weighted by Crippen LogP contribution is -2.54. The normalized spacial score (nSPS) is 28.8. The van der Waals surface area contributed by atoms with Crippen LogP contribution < -0.4 is 11.1 Å². The number of nitrogens with one attached hydrogen (secondary N) is 1. The lowest BCUT2D eigenvalue weighted by atomic mass is 9.74. The summed E-state index contributed by atoms with van der Waals surface area (Å²) in [5, 5.41) is 2.66. The van der Waals surface area contributed by atoms with E-state index >= 15 is 0 Å². The number of carbonyl (C=O) groups is 2. The zero-order chi connectivity index (χ0) is 13.1. The van der Waals surface area contributed by atoms with E-state index in [9.17, 15) is 9.59 Å². The number of rotatable bonds is 3. The molecule has 0 aromatic heterocycles. The lowest BCUT2D eigenvalue weighted by Gasteiger charge is -2.37. The van der Waals surface area contributed by atoms with Crippen LogP contribution in [0.4, 0.5) is 0 Å². The summed E-state index contributed by atoms with van der Waals surface area (Å²) in [6.07, 6.45) is 3.70. The summed E-state index contributed by atoms with van der Waals surface area (Å²) >= 11 is 0. The molecule has 3 N–H and O–H groups in total. The number of methoxy groups -OCH3 is 1. The number of nitrogens with two attached hydrogens (primary N) is 1. The molecule has 6 heteroatoms. The third-order valence-electron chi connectivity index (χ3n) is 3.48. The van der Waals surface area contributed by atoms with Crippen molar-refractivity contribution >= 4 is 24.3 Å². The Morgan fingerprint density at radius 2 is 2.06 bits per heavy atom. The maximum Gasteiger partial charge on any atom is 0.328 e. The SMILES string of the molecule is COC(=O)[C@@H](C)NC(=O)C1CCCCC1(C)N.Cl. The van der Waals surface area contributed by atoms with Gasteiger partial charge in [-0.15, -0.1) is 12.4 Å². The van der Waals surface area contributed by atoms with Gasteiger partial charge in [-0.05, 0) is 26.7 Å². The molecule has 0 aromatic rings. The summed E-state index contributed by atoms with van der Waals surface area (Å²) in [7, 11) is 1.30. The van der Waals surface area contributed by atoms with Gasteiger partial charge in [0.2, 0.25) is 5.91 Å². The second-order valence-corrected chi connectivity index (χ2v) is 5.06. The molecule has 1 saturated carbocycles. The molecular formula is C12H23ClN2O3. The number of hydrogen-bond acceptors (Lipinski definition) is 4. The van der Waals surface area contributed by atoms with E-state index < -0.39 is 17.6 Å². The Kier molecular flexibility index (Phi) is 6.63. The van der Waals surface area contributed by atoms with Gasteiger partial charge in [-0.25, -0.2) is 4.79 Å². The zero-order valence-corrected chi connectivity index (χ0v) is 12.0. The highest BCUT2D eigenvalue weighted by atomic mass is 35.5. The molecule has 1 aliphatic carbocycles. The molecule has 1 rings (SSSR count). The number of carbonyl (C=O) groups excluding carboxylic acids is 2. The van der Waals surface area contributed by atoms with Gasteiger partial charge in [-0.1, -0.05) is 12.8 Å². The van der Waals surface area contributed by atoms with Crippen molar-refractivity contribution in [3.8, 4) is 0 Å². The van der Waals surface area contributed by atoms with Crippen LogP contribution in [0.25, 0.3) is 0 Å². The average molecular weight is 279 g/mol. The number of ether oxygens (including phenoxy) is 1. The first-order valence-electron chi connectivity index (χ1n) is 6.05. The van der Waals surface area contributed by atoms with E-state index in [0.717, 1.165) is 25.7 Å². The highest BCUT2D eigenvalue weighted by Crippen LogP contribution is 2.31. The van der Waals surface area contributed by atoms with E-state index in [1.54, 1.807) is 6.92 Å². The Balaban J connectivity index is 0.00000289. The topological polar surface area (TPSA) is 81.4 Å². The molecule has 0 saturated heterocycles. The molecule has 0 aromatic carbocycles. The van der Waals surface area contributed by atoms with E-state index in [2.05, 4.69) is 10.1 Å². The zero-order valence-electron chi connectivity index (χ0n) is 11.2. The molecule has 3 atom stereocenters. The Morgan fingerprint density at radius 1 is 1.44 bits per heavy atom. The van der Waals surface area contributed by atoms with Gasteiger partial charge in [0.05, 0.1) is 13.0 Å². The maximum absolute atomic E-state index is 12.0. The van der Waals surface area contributed by atoms with Crippen LogP contribution in [0.2, 0.25) is 0 Å². The van der Waals surface area contributed by atoms with E-state index in [0.29, 0.717) is 0 Å². The van der Waals surface area contributed by atoms with Crippen molar-refractivity contribution in [2.24, 2.45) is 11.7 Å². The first-order valence-corrected chi connectivity index (χ1v) is 6.05. The molecule has 0 radical (unpaired) electrons. The fourth-order valence-corrected chi connectivity index (χ4v) is 2.34. The fourth-order valence-electron chi connectivity index (χ4n) is 2.34. The number of esters is 1. The quantitative estimate of drug-likeness (QED) is 0.755. The van der Waals surface area contributed by atoms with Crippen LogP contribution in [0.15, 0.2) is 0 Å². The maximum atomic E-state index is 12.0. The minimum atomic E-state index is -0.620. The van der Waals surface area contributed by atoms with Gasteiger partial charge in [0.1, 0.15) is 6.04 Å². The summed E-state index contributed by atoms with van der Waals surface area (Å²) in [6, 6.07) is -0.620. The Labute approximate surface area is 114 Å². The third-order valence-corrected chi connectivity index (χ3v) is 3.48. The minimum absolute atomic E-state index is 0. The third kappa shape index (κ3) is 4.14. The molecule has 0 spiro atoms. The van der Waals surface area contributed by atoms with Crippen LogP contribution in [-0.2, 0) is 14.3 Å². The second-order valence-electron chi connectivity index (χ2n) is 5.06. The minimum Gasteiger partial charge on any atom is -0.467 e. The summed E-state index contributed by atoms with van der Waals surface area (Å²) in [5.74, 6) is -0.802. The van der Waals surface area contributed by atoms with Crippen molar-refractivity contribution in [2.75, 3.05) is 7.11 Å².